The van der Waals surface area contributed by atoms with Crippen LogP contribution in [0.4, 0.5) is 0 Å². The lowest BCUT2D eigenvalue weighted by Gasteiger charge is -2.24. The fourth-order valence-corrected chi connectivity index (χ4v) is 2.27. The van der Waals surface area contributed by atoms with E-state index >= 15 is 0 Å². The van der Waals surface area contributed by atoms with Crippen LogP contribution in [-0.2, 0) is 11.2 Å². The molecule has 17 heavy (non-hydrogen) atoms. The number of hydrogen-bond acceptors (Lipinski definition) is 2. The van der Waals surface area contributed by atoms with Crippen LogP contribution >= 0.6 is 12.4 Å². The molecule has 1 aromatic carbocycles. The van der Waals surface area contributed by atoms with Gasteiger partial charge >= 0.3 is 5.97 Å². The van der Waals surface area contributed by atoms with Gasteiger partial charge in [-0.05, 0) is 31.9 Å². The molecule has 0 radical (unpaired) electrons. The van der Waals surface area contributed by atoms with Crippen LogP contribution in [0.15, 0.2) is 24.3 Å². The van der Waals surface area contributed by atoms with Crippen LogP contribution < -0.4 is 5.32 Å². The predicted molar refractivity (Wildman–Crippen MR) is 69.7 cm³/mol. The van der Waals surface area contributed by atoms with Gasteiger partial charge in [0.1, 0.15) is 5.54 Å². The first-order valence-electron chi connectivity index (χ1n) is 5.66. The maximum Gasteiger partial charge on any atom is 0.324 e. The monoisotopic (exact) mass is 255 g/mol. The van der Waals surface area contributed by atoms with Crippen molar-refractivity contribution in [2.75, 3.05) is 6.54 Å². The summed E-state index contributed by atoms with van der Waals surface area (Å²) >= 11 is 0. The second-order valence-electron chi connectivity index (χ2n) is 4.58. The summed E-state index contributed by atoms with van der Waals surface area (Å²) in [6.45, 7) is 2.84. The Balaban J connectivity index is 0.00000144. The third-order valence-corrected chi connectivity index (χ3v) is 3.28. The van der Waals surface area contributed by atoms with Crippen molar-refractivity contribution < 1.29 is 9.90 Å². The first-order chi connectivity index (χ1) is 7.62. The fraction of sp³-hybridized carbons (Fsp3) is 0.462. The summed E-state index contributed by atoms with van der Waals surface area (Å²) in [5, 5.41) is 12.5. The smallest absolute Gasteiger partial charge is 0.324 e. The van der Waals surface area contributed by atoms with Crippen LogP contribution in [0.5, 0.6) is 0 Å². The number of carbonyl (C=O) groups is 1. The van der Waals surface area contributed by atoms with Crippen LogP contribution in [0.1, 0.15) is 24.0 Å². The number of aryl methyl sites for hydroxylation is 1. The molecule has 3 nitrogen and oxygen atoms in total. The highest BCUT2D eigenvalue weighted by atomic mass is 35.5. The van der Waals surface area contributed by atoms with E-state index in [0.717, 1.165) is 24.9 Å². The van der Waals surface area contributed by atoms with Gasteiger partial charge in [0.2, 0.25) is 0 Å². The van der Waals surface area contributed by atoms with E-state index in [1.807, 2.05) is 31.2 Å². The van der Waals surface area contributed by atoms with Crippen molar-refractivity contribution in [2.24, 2.45) is 0 Å². The first kappa shape index (κ1) is 14.0. The molecule has 2 N–H and O–H groups in total. The van der Waals surface area contributed by atoms with Gasteiger partial charge in [-0.2, -0.15) is 0 Å². The molecule has 0 aromatic heterocycles. The highest BCUT2D eigenvalue weighted by molar-refractivity contribution is 5.85. The molecule has 0 saturated carbocycles. The molecule has 1 saturated heterocycles. The molecule has 1 aliphatic heterocycles. The number of aliphatic carboxylic acids is 1. The number of carboxylic acids is 1. The van der Waals surface area contributed by atoms with Gasteiger partial charge in [0.25, 0.3) is 0 Å². The highest BCUT2D eigenvalue weighted by Crippen LogP contribution is 2.24. The molecule has 1 atom stereocenters. The summed E-state index contributed by atoms with van der Waals surface area (Å²) in [6.07, 6.45) is 2.23. The van der Waals surface area contributed by atoms with E-state index in [0.29, 0.717) is 6.42 Å². The van der Waals surface area contributed by atoms with Crippen LogP contribution in [-0.4, -0.2) is 23.2 Å². The van der Waals surface area contributed by atoms with E-state index in [1.54, 1.807) is 0 Å². The predicted octanol–water partition coefficient (Wildman–Crippen LogP) is 2.17. The van der Waals surface area contributed by atoms with E-state index in [2.05, 4.69) is 5.32 Å². The minimum Gasteiger partial charge on any atom is -0.480 e. The quantitative estimate of drug-likeness (QED) is 0.870. The molecule has 1 fully saturated rings. The minimum absolute atomic E-state index is 0. The third-order valence-electron chi connectivity index (χ3n) is 3.28. The zero-order valence-corrected chi connectivity index (χ0v) is 10.7. The molecule has 94 valence electrons. The zero-order chi connectivity index (χ0) is 11.6. The molecule has 1 unspecified atom stereocenters. The van der Waals surface area contributed by atoms with Crippen molar-refractivity contribution in [3.8, 4) is 0 Å². The zero-order valence-electron chi connectivity index (χ0n) is 9.90. The fourth-order valence-electron chi connectivity index (χ4n) is 2.27. The summed E-state index contributed by atoms with van der Waals surface area (Å²) in [5.74, 6) is -0.731. The van der Waals surface area contributed by atoms with Gasteiger partial charge in [-0.1, -0.05) is 29.8 Å². The van der Waals surface area contributed by atoms with Gasteiger partial charge in [-0.3, -0.25) is 4.79 Å². The first-order valence-corrected chi connectivity index (χ1v) is 5.66. The van der Waals surface area contributed by atoms with E-state index in [1.165, 1.54) is 5.56 Å². The molecular weight excluding hydrogens is 238 g/mol. The molecule has 1 aliphatic rings. The van der Waals surface area contributed by atoms with Gasteiger partial charge in [-0.25, -0.2) is 0 Å². The van der Waals surface area contributed by atoms with Crippen LogP contribution in [0, 0.1) is 6.92 Å². The lowest BCUT2D eigenvalue weighted by molar-refractivity contribution is -0.144. The molecule has 4 heteroatoms. The standard InChI is InChI=1S/C13H17NO2.ClH/c1-10-3-5-11(6-4-10)9-13(12(15)16)7-2-8-14-13;/h3-6,14H,2,7-9H2,1H3,(H,15,16);1H. The summed E-state index contributed by atoms with van der Waals surface area (Å²) in [7, 11) is 0. The second kappa shape index (κ2) is 5.52. The summed E-state index contributed by atoms with van der Waals surface area (Å²) in [4.78, 5) is 11.3. The van der Waals surface area contributed by atoms with Crippen molar-refractivity contribution in [1.29, 1.82) is 0 Å². The van der Waals surface area contributed by atoms with Gasteiger partial charge < -0.3 is 10.4 Å². The molecule has 1 heterocycles. The Bertz CT molecular complexity index is 383. The van der Waals surface area contributed by atoms with Crippen molar-refractivity contribution >= 4 is 18.4 Å². The number of benzene rings is 1. The highest BCUT2D eigenvalue weighted by Gasteiger charge is 2.40. The third kappa shape index (κ3) is 2.99. The Hall–Kier alpha value is -1.06. The Morgan fingerprint density at radius 2 is 2.06 bits per heavy atom. The van der Waals surface area contributed by atoms with Crippen molar-refractivity contribution in [1.82, 2.24) is 5.32 Å². The Kier molecular flexibility index (Phi) is 4.54. The molecule has 0 spiro atoms. The van der Waals surface area contributed by atoms with Crippen molar-refractivity contribution in [3.63, 3.8) is 0 Å². The molecule has 0 aliphatic carbocycles. The number of halogens is 1. The minimum atomic E-state index is -0.741. The lowest BCUT2D eigenvalue weighted by atomic mass is 9.89. The van der Waals surface area contributed by atoms with Crippen LogP contribution in [0.25, 0.3) is 0 Å². The molecule has 0 bridgehead atoms. The van der Waals surface area contributed by atoms with Crippen LogP contribution in [0.3, 0.4) is 0 Å². The molecule has 1 aromatic rings. The Morgan fingerprint density at radius 1 is 1.41 bits per heavy atom. The largest absolute Gasteiger partial charge is 0.480 e. The normalized spacial score (nSPS) is 23.1. The van der Waals surface area contributed by atoms with Gasteiger partial charge in [0, 0.05) is 6.42 Å². The van der Waals surface area contributed by atoms with Gasteiger partial charge in [-0.15, -0.1) is 12.4 Å². The average Bonchev–Trinajstić information content (AvgIpc) is 2.71. The Labute approximate surface area is 108 Å². The SMILES string of the molecule is Cc1ccc(CC2(C(=O)O)CCCN2)cc1.Cl. The van der Waals surface area contributed by atoms with E-state index in [-0.39, 0.29) is 12.4 Å². The summed E-state index contributed by atoms with van der Waals surface area (Å²) < 4.78 is 0. The van der Waals surface area contributed by atoms with Crippen LogP contribution in [0.2, 0.25) is 0 Å². The second-order valence-corrected chi connectivity index (χ2v) is 4.58. The number of rotatable bonds is 3. The maximum atomic E-state index is 11.3. The summed E-state index contributed by atoms with van der Waals surface area (Å²) in [6, 6.07) is 8.08. The topological polar surface area (TPSA) is 49.3 Å². The van der Waals surface area contributed by atoms with Crippen molar-refractivity contribution in [2.45, 2.75) is 31.7 Å². The molecule has 0 amide bonds. The number of carboxylic acid groups (broad SMARTS) is 1. The van der Waals surface area contributed by atoms with Gasteiger partial charge in [0.05, 0.1) is 0 Å². The van der Waals surface area contributed by atoms with Gasteiger partial charge in [0.15, 0.2) is 0 Å². The lowest BCUT2D eigenvalue weighted by Crippen LogP contribution is -2.49. The average molecular weight is 256 g/mol. The van der Waals surface area contributed by atoms with E-state index < -0.39 is 11.5 Å². The Morgan fingerprint density at radius 3 is 2.53 bits per heavy atom. The van der Waals surface area contributed by atoms with Crippen molar-refractivity contribution in [3.05, 3.63) is 35.4 Å². The van der Waals surface area contributed by atoms with E-state index in [4.69, 9.17) is 0 Å². The summed E-state index contributed by atoms with van der Waals surface area (Å²) in [5.41, 5.74) is 1.55. The van der Waals surface area contributed by atoms with E-state index in [9.17, 15) is 9.90 Å². The molecular formula is C13H18ClNO2. The number of hydrogen-bond donors (Lipinski definition) is 2. The maximum absolute atomic E-state index is 11.3. The number of nitrogens with one attached hydrogen (secondary N) is 1. The molecule has 2 rings (SSSR count).